The van der Waals surface area contributed by atoms with Crippen molar-refractivity contribution in [3.8, 4) is 11.5 Å². The predicted molar refractivity (Wildman–Crippen MR) is 137 cm³/mol. The minimum atomic E-state index is -0.0939. The lowest BCUT2D eigenvalue weighted by molar-refractivity contribution is -0.114. The van der Waals surface area contributed by atoms with E-state index in [1.807, 2.05) is 24.3 Å². The lowest BCUT2D eigenvalue weighted by Gasteiger charge is -2.10. The lowest BCUT2D eigenvalue weighted by Crippen LogP contribution is -2.13. The molecule has 0 saturated carbocycles. The summed E-state index contributed by atoms with van der Waals surface area (Å²) >= 11 is 0. The molecule has 0 bridgehead atoms. The molecule has 0 aliphatic heterocycles. The van der Waals surface area contributed by atoms with Gasteiger partial charge in [0.2, 0.25) is 5.91 Å². The summed E-state index contributed by atoms with van der Waals surface area (Å²) in [5, 5.41) is 2.72. The van der Waals surface area contributed by atoms with Crippen LogP contribution in [0.4, 0.5) is 5.69 Å². The number of hydrogen-bond donors (Lipinski definition) is 1. The van der Waals surface area contributed by atoms with Crippen LogP contribution in [0.2, 0.25) is 0 Å². The van der Waals surface area contributed by atoms with Gasteiger partial charge in [-0.2, -0.15) is 0 Å². The third-order valence-corrected chi connectivity index (χ3v) is 5.28. The number of hydrogen-bond acceptors (Lipinski definition) is 5. The van der Waals surface area contributed by atoms with Crippen LogP contribution in [0.3, 0.4) is 0 Å². The number of benzene rings is 2. The molecule has 0 heterocycles. The molecular weight excluding hydrogens is 430 g/mol. The van der Waals surface area contributed by atoms with Crippen molar-refractivity contribution in [2.24, 2.45) is 0 Å². The molecule has 0 spiro atoms. The van der Waals surface area contributed by atoms with E-state index in [0.717, 1.165) is 23.6 Å². The van der Waals surface area contributed by atoms with Gasteiger partial charge < -0.3 is 24.3 Å². The molecule has 0 fully saturated rings. The fourth-order valence-corrected chi connectivity index (χ4v) is 3.46. The monoisotopic (exact) mass is 471 g/mol. The van der Waals surface area contributed by atoms with E-state index >= 15 is 0 Å². The Morgan fingerprint density at radius 3 is 1.74 bits per heavy atom. The first-order valence-corrected chi connectivity index (χ1v) is 12.5. The zero-order valence-corrected chi connectivity index (χ0v) is 20.9. The maximum atomic E-state index is 11.0. The standard InChI is InChI=1S/C28H41NO5/c1-3-4-5-6-7-8-9-25-10-14-27(15-11-25)33-22-20-31-18-19-32-21-23-34-28-16-12-26(13-17-28)29-24(2)30/h10-17H,3-9,18-23H2,1-2H3,(H,29,30). The maximum absolute atomic E-state index is 11.0. The molecule has 0 radical (unpaired) electrons. The highest BCUT2D eigenvalue weighted by atomic mass is 16.6. The van der Waals surface area contributed by atoms with Gasteiger partial charge in [-0.3, -0.25) is 4.79 Å². The van der Waals surface area contributed by atoms with Crippen molar-refractivity contribution < 1.29 is 23.7 Å². The van der Waals surface area contributed by atoms with Crippen molar-refractivity contribution in [3.05, 3.63) is 54.1 Å². The Labute approximate surface area is 204 Å². The van der Waals surface area contributed by atoms with Crippen LogP contribution < -0.4 is 14.8 Å². The van der Waals surface area contributed by atoms with Crippen LogP contribution in [-0.2, 0) is 20.7 Å². The third kappa shape index (κ3) is 13.2. The van der Waals surface area contributed by atoms with E-state index in [1.54, 1.807) is 12.1 Å². The first-order valence-electron chi connectivity index (χ1n) is 12.5. The number of nitrogens with one attached hydrogen (secondary N) is 1. The van der Waals surface area contributed by atoms with E-state index in [4.69, 9.17) is 18.9 Å². The van der Waals surface area contributed by atoms with Gasteiger partial charge in [-0.1, -0.05) is 51.2 Å². The molecule has 0 aliphatic carbocycles. The topological polar surface area (TPSA) is 66.0 Å². The molecule has 1 N–H and O–H groups in total. The fraction of sp³-hybridized carbons (Fsp3) is 0.536. The highest BCUT2D eigenvalue weighted by Gasteiger charge is 1.99. The van der Waals surface area contributed by atoms with Gasteiger partial charge in [0.25, 0.3) is 0 Å². The summed E-state index contributed by atoms with van der Waals surface area (Å²) in [4.78, 5) is 11.0. The molecule has 6 heteroatoms. The number of rotatable bonds is 19. The van der Waals surface area contributed by atoms with Gasteiger partial charge in [0.1, 0.15) is 24.7 Å². The normalized spacial score (nSPS) is 10.8. The van der Waals surface area contributed by atoms with Gasteiger partial charge in [-0.15, -0.1) is 0 Å². The van der Waals surface area contributed by atoms with Gasteiger partial charge in [0.15, 0.2) is 0 Å². The van der Waals surface area contributed by atoms with Gasteiger partial charge in [0.05, 0.1) is 26.4 Å². The minimum absolute atomic E-state index is 0.0939. The van der Waals surface area contributed by atoms with Crippen LogP contribution in [0.25, 0.3) is 0 Å². The molecule has 0 aromatic heterocycles. The molecule has 0 atom stereocenters. The van der Waals surface area contributed by atoms with Crippen molar-refractivity contribution in [2.45, 2.75) is 58.8 Å². The highest BCUT2D eigenvalue weighted by molar-refractivity contribution is 5.88. The van der Waals surface area contributed by atoms with Gasteiger partial charge in [-0.05, 0) is 54.8 Å². The Balaban J connectivity index is 1.41. The number of aryl methyl sites for hydroxylation is 1. The van der Waals surface area contributed by atoms with Crippen molar-refractivity contribution in [3.63, 3.8) is 0 Å². The van der Waals surface area contributed by atoms with E-state index in [9.17, 15) is 4.79 Å². The predicted octanol–water partition coefficient (Wildman–Crippen LogP) is 6.04. The number of ether oxygens (including phenoxy) is 4. The first-order chi connectivity index (χ1) is 16.7. The van der Waals surface area contributed by atoms with Crippen molar-refractivity contribution in [1.82, 2.24) is 0 Å². The zero-order chi connectivity index (χ0) is 24.3. The van der Waals surface area contributed by atoms with Crippen LogP contribution in [0, 0.1) is 0 Å². The second-order valence-electron chi connectivity index (χ2n) is 8.29. The number of unbranched alkanes of at least 4 members (excludes halogenated alkanes) is 5. The minimum Gasteiger partial charge on any atom is -0.491 e. The Kier molecular flexibility index (Phi) is 14.5. The summed E-state index contributed by atoms with van der Waals surface area (Å²) < 4.78 is 22.4. The molecule has 0 unspecified atom stereocenters. The average molecular weight is 472 g/mol. The third-order valence-electron chi connectivity index (χ3n) is 5.28. The SMILES string of the molecule is CCCCCCCCc1ccc(OCCOCCOCCOc2ccc(NC(C)=O)cc2)cc1. The molecule has 188 valence electrons. The van der Waals surface area contributed by atoms with Crippen LogP contribution in [0.15, 0.2) is 48.5 Å². The molecule has 1 amide bonds. The molecular formula is C28H41NO5. The van der Waals surface area contributed by atoms with E-state index in [2.05, 4.69) is 24.4 Å². The first kappa shape index (κ1) is 27.7. The van der Waals surface area contributed by atoms with Crippen LogP contribution >= 0.6 is 0 Å². The quantitative estimate of drug-likeness (QED) is 0.253. The summed E-state index contributed by atoms with van der Waals surface area (Å²) in [5.41, 5.74) is 2.12. The number of carbonyl (C=O) groups excluding carboxylic acids is 1. The second-order valence-corrected chi connectivity index (χ2v) is 8.29. The fourth-order valence-electron chi connectivity index (χ4n) is 3.46. The molecule has 0 saturated heterocycles. The van der Waals surface area contributed by atoms with Crippen molar-refractivity contribution in [1.29, 1.82) is 0 Å². The van der Waals surface area contributed by atoms with Crippen LogP contribution in [0.5, 0.6) is 11.5 Å². The summed E-state index contributed by atoms with van der Waals surface area (Å²) in [6.45, 7) is 6.76. The van der Waals surface area contributed by atoms with Crippen LogP contribution in [-0.4, -0.2) is 45.5 Å². The van der Waals surface area contributed by atoms with E-state index in [1.165, 1.54) is 51.0 Å². The number of carbonyl (C=O) groups is 1. The Hall–Kier alpha value is -2.57. The summed E-state index contributed by atoms with van der Waals surface area (Å²) in [6, 6.07) is 15.7. The molecule has 34 heavy (non-hydrogen) atoms. The largest absolute Gasteiger partial charge is 0.491 e. The van der Waals surface area contributed by atoms with Gasteiger partial charge in [0, 0.05) is 12.6 Å². The second kappa shape index (κ2) is 17.8. The average Bonchev–Trinajstić information content (AvgIpc) is 2.84. The van der Waals surface area contributed by atoms with E-state index in [-0.39, 0.29) is 5.91 Å². The Morgan fingerprint density at radius 1 is 0.676 bits per heavy atom. The van der Waals surface area contributed by atoms with Crippen molar-refractivity contribution in [2.75, 3.05) is 45.0 Å². The summed E-state index contributed by atoms with van der Waals surface area (Å²) in [6.07, 6.45) is 9.10. The summed E-state index contributed by atoms with van der Waals surface area (Å²) in [5.74, 6) is 1.53. The summed E-state index contributed by atoms with van der Waals surface area (Å²) in [7, 11) is 0. The highest BCUT2D eigenvalue weighted by Crippen LogP contribution is 2.16. The van der Waals surface area contributed by atoms with Crippen LogP contribution in [0.1, 0.15) is 57.9 Å². The van der Waals surface area contributed by atoms with Gasteiger partial charge >= 0.3 is 0 Å². The van der Waals surface area contributed by atoms with Gasteiger partial charge in [-0.25, -0.2) is 0 Å². The molecule has 2 rings (SSSR count). The van der Waals surface area contributed by atoms with E-state index < -0.39 is 0 Å². The van der Waals surface area contributed by atoms with Crippen molar-refractivity contribution >= 4 is 11.6 Å². The maximum Gasteiger partial charge on any atom is 0.221 e. The Morgan fingerprint density at radius 2 is 1.18 bits per heavy atom. The smallest absolute Gasteiger partial charge is 0.221 e. The number of amides is 1. The Bertz CT molecular complexity index is 776. The zero-order valence-electron chi connectivity index (χ0n) is 20.9. The molecule has 2 aromatic carbocycles. The molecule has 0 aliphatic rings. The van der Waals surface area contributed by atoms with E-state index in [0.29, 0.717) is 39.6 Å². The number of anilines is 1. The lowest BCUT2D eigenvalue weighted by atomic mass is 10.0. The molecule has 6 nitrogen and oxygen atoms in total. The molecule has 2 aromatic rings.